The van der Waals surface area contributed by atoms with Gasteiger partial charge >= 0.3 is 0 Å². The molecule has 4 nitrogen and oxygen atoms in total. The summed E-state index contributed by atoms with van der Waals surface area (Å²) in [5, 5.41) is 6.83. The average Bonchev–Trinajstić information content (AvgIpc) is 2.42. The Bertz CT molecular complexity index is 420. The normalized spacial score (nSPS) is 16.3. The number of nitrogens with one attached hydrogen (secondary N) is 2. The Morgan fingerprint density at radius 3 is 2.79 bits per heavy atom. The van der Waals surface area contributed by atoms with Crippen molar-refractivity contribution in [3.05, 3.63) is 34.9 Å². The first-order chi connectivity index (χ1) is 9.25. The minimum absolute atomic E-state index is 0.0268. The molecule has 2 N–H and O–H groups in total. The molecule has 0 radical (unpaired) electrons. The Labute approximate surface area is 118 Å². The summed E-state index contributed by atoms with van der Waals surface area (Å²) in [6, 6.07) is 7.88. The van der Waals surface area contributed by atoms with Crippen LogP contribution in [0.15, 0.2) is 24.3 Å². The fraction of sp³-hybridized carbons (Fsp3) is 0.500. The van der Waals surface area contributed by atoms with Crippen LogP contribution in [0.5, 0.6) is 0 Å². The van der Waals surface area contributed by atoms with E-state index in [0.717, 1.165) is 36.6 Å². The standard InChI is InChI=1S/C14H19ClN2O2/c15-13-4-2-1-3-11(13)9-16-10-14(18)17-12-5-7-19-8-6-12/h1-4,12,16H,5-10H2,(H,17,18). The molecule has 5 heteroatoms. The van der Waals surface area contributed by atoms with Crippen molar-refractivity contribution in [2.24, 2.45) is 0 Å². The number of carbonyl (C=O) groups is 1. The summed E-state index contributed by atoms with van der Waals surface area (Å²) < 4.78 is 5.25. The van der Waals surface area contributed by atoms with E-state index in [0.29, 0.717) is 13.1 Å². The smallest absolute Gasteiger partial charge is 0.234 e. The van der Waals surface area contributed by atoms with Gasteiger partial charge in [0.15, 0.2) is 0 Å². The number of benzene rings is 1. The van der Waals surface area contributed by atoms with Crippen LogP contribution in [-0.4, -0.2) is 31.7 Å². The van der Waals surface area contributed by atoms with Crippen LogP contribution in [0.1, 0.15) is 18.4 Å². The van der Waals surface area contributed by atoms with E-state index in [1.807, 2.05) is 24.3 Å². The first kappa shape index (κ1) is 14.3. The SMILES string of the molecule is O=C(CNCc1ccccc1Cl)NC1CCOCC1. The number of hydrogen-bond donors (Lipinski definition) is 2. The van der Waals surface area contributed by atoms with E-state index in [1.165, 1.54) is 0 Å². The lowest BCUT2D eigenvalue weighted by molar-refractivity contribution is -0.121. The van der Waals surface area contributed by atoms with Crippen molar-refractivity contribution in [3.8, 4) is 0 Å². The van der Waals surface area contributed by atoms with Gasteiger partial charge in [-0.2, -0.15) is 0 Å². The zero-order chi connectivity index (χ0) is 13.5. The molecule has 104 valence electrons. The summed E-state index contributed by atoms with van der Waals surface area (Å²) in [7, 11) is 0. The van der Waals surface area contributed by atoms with Crippen molar-refractivity contribution in [2.75, 3.05) is 19.8 Å². The zero-order valence-corrected chi connectivity index (χ0v) is 11.6. The number of ether oxygens (including phenoxy) is 1. The van der Waals surface area contributed by atoms with Crippen molar-refractivity contribution in [1.82, 2.24) is 10.6 Å². The molecule has 1 heterocycles. The second kappa shape index (κ2) is 7.48. The number of halogens is 1. The third-order valence-electron chi connectivity index (χ3n) is 3.15. The topological polar surface area (TPSA) is 50.4 Å². The zero-order valence-electron chi connectivity index (χ0n) is 10.8. The maximum absolute atomic E-state index is 11.7. The fourth-order valence-corrected chi connectivity index (χ4v) is 2.28. The maximum atomic E-state index is 11.7. The summed E-state index contributed by atoms with van der Waals surface area (Å²) >= 11 is 6.04. The number of hydrogen-bond acceptors (Lipinski definition) is 3. The van der Waals surface area contributed by atoms with E-state index in [9.17, 15) is 4.79 Å². The largest absolute Gasteiger partial charge is 0.381 e. The van der Waals surface area contributed by atoms with E-state index in [1.54, 1.807) is 0 Å². The van der Waals surface area contributed by atoms with Gasteiger partial charge in [-0.3, -0.25) is 4.79 Å². The molecule has 2 rings (SSSR count). The van der Waals surface area contributed by atoms with Gasteiger partial charge < -0.3 is 15.4 Å². The van der Waals surface area contributed by atoms with Crippen molar-refractivity contribution >= 4 is 17.5 Å². The predicted molar refractivity (Wildman–Crippen MR) is 75.1 cm³/mol. The molecule has 1 aliphatic rings. The van der Waals surface area contributed by atoms with Crippen molar-refractivity contribution in [1.29, 1.82) is 0 Å². The van der Waals surface area contributed by atoms with Gasteiger partial charge in [0, 0.05) is 30.8 Å². The molecule has 1 amide bonds. The maximum Gasteiger partial charge on any atom is 0.234 e. The van der Waals surface area contributed by atoms with E-state index in [4.69, 9.17) is 16.3 Å². The highest BCUT2D eigenvalue weighted by atomic mass is 35.5. The summed E-state index contributed by atoms with van der Waals surface area (Å²) in [5.74, 6) is 0.0268. The van der Waals surface area contributed by atoms with Crippen LogP contribution in [0.2, 0.25) is 5.02 Å². The summed E-state index contributed by atoms with van der Waals surface area (Å²) in [6.07, 6.45) is 1.80. The Morgan fingerprint density at radius 1 is 1.32 bits per heavy atom. The van der Waals surface area contributed by atoms with Gasteiger partial charge in [-0.1, -0.05) is 29.8 Å². The molecule has 0 saturated carbocycles. The lowest BCUT2D eigenvalue weighted by Gasteiger charge is -2.23. The molecule has 0 bridgehead atoms. The highest BCUT2D eigenvalue weighted by Crippen LogP contribution is 2.14. The van der Waals surface area contributed by atoms with E-state index in [2.05, 4.69) is 10.6 Å². The van der Waals surface area contributed by atoms with Crippen LogP contribution in [0.4, 0.5) is 0 Å². The number of rotatable bonds is 5. The van der Waals surface area contributed by atoms with Crippen LogP contribution in [0.25, 0.3) is 0 Å². The quantitative estimate of drug-likeness (QED) is 0.865. The summed E-state index contributed by atoms with van der Waals surface area (Å²) in [4.78, 5) is 11.7. The molecule has 1 aromatic rings. The second-order valence-electron chi connectivity index (χ2n) is 4.65. The van der Waals surface area contributed by atoms with Crippen LogP contribution in [0.3, 0.4) is 0 Å². The summed E-state index contributed by atoms with van der Waals surface area (Å²) in [6.45, 7) is 2.37. The van der Waals surface area contributed by atoms with Crippen LogP contribution >= 0.6 is 11.6 Å². The Morgan fingerprint density at radius 2 is 2.05 bits per heavy atom. The van der Waals surface area contributed by atoms with Gasteiger partial charge in [0.2, 0.25) is 5.91 Å². The van der Waals surface area contributed by atoms with Gasteiger partial charge in [-0.05, 0) is 24.5 Å². The predicted octanol–water partition coefficient (Wildman–Crippen LogP) is 1.72. The van der Waals surface area contributed by atoms with Crippen LogP contribution < -0.4 is 10.6 Å². The molecule has 0 aliphatic carbocycles. The number of amides is 1. The second-order valence-corrected chi connectivity index (χ2v) is 5.06. The molecular weight excluding hydrogens is 264 g/mol. The van der Waals surface area contributed by atoms with Crippen molar-refractivity contribution in [3.63, 3.8) is 0 Å². The Kier molecular flexibility index (Phi) is 5.63. The monoisotopic (exact) mass is 282 g/mol. The lowest BCUT2D eigenvalue weighted by Crippen LogP contribution is -2.42. The van der Waals surface area contributed by atoms with Gasteiger partial charge in [0.25, 0.3) is 0 Å². The Hall–Kier alpha value is -1.10. The van der Waals surface area contributed by atoms with Crippen LogP contribution in [0, 0.1) is 0 Å². The molecule has 0 spiro atoms. The van der Waals surface area contributed by atoms with Crippen LogP contribution in [-0.2, 0) is 16.1 Å². The first-order valence-corrected chi connectivity index (χ1v) is 6.95. The van der Waals surface area contributed by atoms with Gasteiger partial charge in [0.05, 0.1) is 6.54 Å². The van der Waals surface area contributed by atoms with Gasteiger partial charge in [0.1, 0.15) is 0 Å². The van der Waals surface area contributed by atoms with E-state index in [-0.39, 0.29) is 11.9 Å². The van der Waals surface area contributed by atoms with E-state index < -0.39 is 0 Å². The molecule has 1 fully saturated rings. The third-order valence-corrected chi connectivity index (χ3v) is 3.51. The molecule has 0 aromatic heterocycles. The van der Waals surface area contributed by atoms with Crippen molar-refractivity contribution < 1.29 is 9.53 Å². The highest BCUT2D eigenvalue weighted by Gasteiger charge is 2.15. The summed E-state index contributed by atoms with van der Waals surface area (Å²) in [5.41, 5.74) is 1.00. The molecule has 1 aromatic carbocycles. The number of carbonyl (C=O) groups excluding carboxylic acids is 1. The highest BCUT2D eigenvalue weighted by molar-refractivity contribution is 6.31. The van der Waals surface area contributed by atoms with E-state index >= 15 is 0 Å². The molecular formula is C14H19ClN2O2. The average molecular weight is 283 g/mol. The fourth-order valence-electron chi connectivity index (χ4n) is 2.07. The molecule has 1 aliphatic heterocycles. The minimum atomic E-state index is 0.0268. The van der Waals surface area contributed by atoms with Crippen molar-refractivity contribution in [2.45, 2.75) is 25.4 Å². The molecule has 0 unspecified atom stereocenters. The van der Waals surface area contributed by atoms with Gasteiger partial charge in [-0.25, -0.2) is 0 Å². The van der Waals surface area contributed by atoms with Gasteiger partial charge in [-0.15, -0.1) is 0 Å². The first-order valence-electron chi connectivity index (χ1n) is 6.57. The molecule has 0 atom stereocenters. The Balaban J connectivity index is 1.67. The lowest BCUT2D eigenvalue weighted by atomic mass is 10.1. The minimum Gasteiger partial charge on any atom is -0.381 e. The molecule has 1 saturated heterocycles. The molecule has 19 heavy (non-hydrogen) atoms. The third kappa shape index (κ3) is 4.82.